The average Bonchev–Trinajstić information content (AvgIpc) is 2.43. The Morgan fingerprint density at radius 2 is 1.21 bits per heavy atom. The number of hydrogen-bond donors (Lipinski definition) is 3. The number of rotatable bonds is 6. The van der Waals surface area contributed by atoms with Gasteiger partial charge in [-0.15, -0.1) is 0 Å². The van der Waals surface area contributed by atoms with Crippen molar-refractivity contribution in [2.45, 2.75) is 38.9 Å². The molecule has 0 saturated carbocycles. The molecule has 24 heavy (non-hydrogen) atoms. The third-order valence-corrected chi connectivity index (χ3v) is 3.14. The second-order valence-electron chi connectivity index (χ2n) is 6.23. The molecule has 9 heteroatoms. The summed E-state index contributed by atoms with van der Waals surface area (Å²) in [7, 11) is 9.87. The van der Waals surface area contributed by atoms with Crippen LogP contribution in [0.4, 0.5) is 0 Å². The average molecular weight is 607 g/mol. The van der Waals surface area contributed by atoms with Crippen molar-refractivity contribution < 1.29 is 19.7 Å². The molecule has 0 fully saturated rings. The molecule has 0 aromatic rings. The van der Waals surface area contributed by atoms with E-state index in [0.29, 0.717) is 20.9 Å². The van der Waals surface area contributed by atoms with Crippen molar-refractivity contribution in [1.82, 2.24) is 20.5 Å². The Hall–Kier alpha value is 0.964. The monoisotopic (exact) mass is 607 g/mol. The first-order valence-corrected chi connectivity index (χ1v) is 16.2. The second-order valence-corrected chi connectivity index (χ2v) is 18.0. The van der Waals surface area contributed by atoms with Crippen molar-refractivity contribution in [2.24, 2.45) is 0 Å². The standard InChI is InChI=1S/C8H18N2O.C7H16N2O.2HI.V/c1-7(8(2,3)11)10(6)9(4)5;1-6(7(2,3)10)9(5)8-4;;;/h11H,1H2,2-6H3;8,10H,1H2,2-5H3;2*1H;/q;;;;+2/p-2. The van der Waals surface area contributed by atoms with Crippen LogP contribution in [0.3, 0.4) is 0 Å². The van der Waals surface area contributed by atoms with Crippen LogP contribution in [0.1, 0.15) is 27.7 Å². The summed E-state index contributed by atoms with van der Waals surface area (Å²) in [6.07, 6.45) is 0. The molecule has 0 bridgehead atoms. The van der Waals surface area contributed by atoms with Crippen LogP contribution in [0.15, 0.2) is 24.6 Å². The molecule has 0 amide bonds. The van der Waals surface area contributed by atoms with Gasteiger partial charge in [-0.05, 0) is 27.7 Å². The van der Waals surface area contributed by atoms with E-state index in [1.54, 1.807) is 51.8 Å². The van der Waals surface area contributed by atoms with Crippen LogP contribution >= 0.6 is 40.0 Å². The van der Waals surface area contributed by atoms with Gasteiger partial charge in [0.15, 0.2) is 0 Å². The maximum absolute atomic E-state index is 9.54. The molecule has 0 heterocycles. The molecule has 0 atom stereocenters. The van der Waals surface area contributed by atoms with Gasteiger partial charge in [-0.3, -0.25) is 0 Å². The van der Waals surface area contributed by atoms with Gasteiger partial charge in [0.25, 0.3) is 0 Å². The first-order chi connectivity index (χ1) is 10.6. The van der Waals surface area contributed by atoms with E-state index in [0.717, 1.165) is 0 Å². The van der Waals surface area contributed by atoms with Gasteiger partial charge in [-0.1, -0.05) is 13.2 Å². The van der Waals surface area contributed by atoms with Crippen molar-refractivity contribution in [3.05, 3.63) is 24.6 Å². The van der Waals surface area contributed by atoms with Crippen LogP contribution in [-0.2, 0) is 9.47 Å². The predicted octanol–water partition coefficient (Wildman–Crippen LogP) is 2.79. The third-order valence-electron chi connectivity index (χ3n) is 3.14. The summed E-state index contributed by atoms with van der Waals surface area (Å²) in [6.45, 7) is 14.3. The SMILES string of the molecule is C=C(N(C)N(C)C)C(C)(C)O.C=C(N(C)NC)C(C)(C)O.[I][V][I]. The van der Waals surface area contributed by atoms with E-state index in [4.69, 9.17) is 0 Å². The van der Waals surface area contributed by atoms with Gasteiger partial charge < -0.3 is 20.2 Å². The van der Waals surface area contributed by atoms with Gasteiger partial charge in [0.05, 0.1) is 22.6 Å². The molecule has 0 aliphatic carbocycles. The fourth-order valence-corrected chi connectivity index (χ4v) is 1.18. The Morgan fingerprint density at radius 1 is 0.917 bits per heavy atom. The Morgan fingerprint density at radius 3 is 1.29 bits per heavy atom. The number of halogens is 2. The van der Waals surface area contributed by atoms with Crippen LogP contribution in [-0.4, -0.2) is 71.7 Å². The van der Waals surface area contributed by atoms with Gasteiger partial charge >= 0.3 is 49.4 Å². The summed E-state index contributed by atoms with van der Waals surface area (Å²) in [6, 6.07) is 0. The van der Waals surface area contributed by atoms with E-state index in [2.05, 4.69) is 58.5 Å². The van der Waals surface area contributed by atoms with E-state index in [1.807, 2.05) is 26.2 Å². The third kappa shape index (κ3) is 15.2. The molecule has 0 radical (unpaired) electrons. The molecule has 0 saturated heterocycles. The molecule has 0 spiro atoms. The summed E-state index contributed by atoms with van der Waals surface area (Å²) in [5.41, 5.74) is 2.48. The van der Waals surface area contributed by atoms with Crippen molar-refractivity contribution in [2.75, 3.05) is 35.2 Å². The Balaban J connectivity index is -0.000000317. The fraction of sp³-hybridized carbons (Fsp3) is 0.733. The second kappa shape index (κ2) is 14.1. The van der Waals surface area contributed by atoms with Gasteiger partial charge in [0.2, 0.25) is 0 Å². The number of hydrogen-bond acceptors (Lipinski definition) is 6. The van der Waals surface area contributed by atoms with E-state index < -0.39 is 11.2 Å². The minimum atomic E-state index is -0.849. The first-order valence-electron chi connectivity index (χ1n) is 7.15. The molecule has 0 aromatic heterocycles. The number of nitrogens with zero attached hydrogens (tertiary/aromatic N) is 3. The van der Waals surface area contributed by atoms with Gasteiger partial charge in [-0.25, -0.2) is 10.4 Å². The summed E-state index contributed by atoms with van der Waals surface area (Å²) < 4.78 is 0. The summed E-state index contributed by atoms with van der Waals surface area (Å²) in [5, 5.41) is 24.3. The molecule has 0 rings (SSSR count). The summed E-state index contributed by atoms with van der Waals surface area (Å²) >= 11 is 4.74. The molecule has 0 aliphatic heterocycles. The fourth-order valence-electron chi connectivity index (χ4n) is 1.18. The van der Waals surface area contributed by atoms with Crippen LogP contribution < -0.4 is 5.43 Å². The number of aliphatic hydroxyl groups is 2. The van der Waals surface area contributed by atoms with E-state index in [1.165, 1.54) is 0 Å². The predicted molar refractivity (Wildman–Crippen MR) is 117 cm³/mol. The first kappa shape index (κ1) is 29.7. The molecule has 145 valence electrons. The van der Waals surface area contributed by atoms with Crippen LogP contribution in [0.5, 0.6) is 0 Å². The molecule has 6 nitrogen and oxygen atoms in total. The van der Waals surface area contributed by atoms with E-state index in [-0.39, 0.29) is 0 Å². The van der Waals surface area contributed by atoms with Crippen LogP contribution in [0.2, 0.25) is 0 Å². The van der Waals surface area contributed by atoms with Gasteiger partial charge in [0, 0.05) is 35.2 Å². The van der Waals surface area contributed by atoms with E-state index in [9.17, 15) is 10.2 Å². The Labute approximate surface area is 177 Å². The van der Waals surface area contributed by atoms with Crippen molar-refractivity contribution >= 4 is 40.0 Å². The number of nitrogens with one attached hydrogen (secondary N) is 1. The number of hydrazine groups is 2. The van der Waals surface area contributed by atoms with Gasteiger partial charge in [0.1, 0.15) is 0 Å². The van der Waals surface area contributed by atoms with Crippen LogP contribution in [0, 0.1) is 0 Å². The van der Waals surface area contributed by atoms with Crippen LogP contribution in [0.25, 0.3) is 0 Å². The Kier molecular flexibility index (Phi) is 17.4. The summed E-state index contributed by atoms with van der Waals surface area (Å²) in [4.78, 5) is 0. The van der Waals surface area contributed by atoms with E-state index >= 15 is 0 Å². The quantitative estimate of drug-likeness (QED) is 0.319. The van der Waals surface area contributed by atoms with Crippen molar-refractivity contribution in [1.29, 1.82) is 0 Å². The maximum atomic E-state index is 9.54. The zero-order valence-corrected chi connectivity index (χ0v) is 22.1. The molecular weight excluding hydrogens is 573 g/mol. The van der Waals surface area contributed by atoms with Gasteiger partial charge in [-0.2, -0.15) is 0 Å². The molecule has 3 N–H and O–H groups in total. The minimum absolute atomic E-state index is 0.628. The zero-order valence-electron chi connectivity index (χ0n) is 16.4. The molecule has 0 unspecified atom stereocenters. The molecule has 0 aliphatic rings. The summed E-state index contributed by atoms with van der Waals surface area (Å²) in [5.74, 6) is 0. The molecule has 0 aromatic carbocycles. The molecular formula is C15H34I2N4O2V. The normalized spacial score (nSPS) is 10.8. The topological polar surface area (TPSA) is 62.2 Å². The van der Waals surface area contributed by atoms with Crippen molar-refractivity contribution in [3.8, 4) is 0 Å². The van der Waals surface area contributed by atoms with Crippen molar-refractivity contribution in [3.63, 3.8) is 0 Å². The zero-order chi connectivity index (χ0) is 20.3. The number of likely N-dealkylation sites (N-methyl/N-ethyl adjacent to an activating group) is 2. The Bertz CT molecular complexity index is 369.